The zero-order valence-corrected chi connectivity index (χ0v) is 12.7. The van der Waals surface area contributed by atoms with Crippen molar-refractivity contribution in [1.82, 2.24) is 0 Å². The Labute approximate surface area is 127 Å². The first-order valence-electron chi connectivity index (χ1n) is 6.46. The molecule has 0 aromatic heterocycles. The van der Waals surface area contributed by atoms with Crippen molar-refractivity contribution in [2.75, 3.05) is 23.8 Å². The number of carbonyl (C=O) groups is 2. The van der Waals surface area contributed by atoms with Crippen molar-refractivity contribution in [2.24, 2.45) is 0 Å². The van der Waals surface area contributed by atoms with Crippen LogP contribution in [0.4, 0.5) is 5.69 Å². The molecular formula is C14H16ClNO3S. The van der Waals surface area contributed by atoms with Crippen LogP contribution >= 0.6 is 23.4 Å². The van der Waals surface area contributed by atoms with Gasteiger partial charge in [-0.2, -0.15) is 0 Å². The van der Waals surface area contributed by atoms with Gasteiger partial charge in [-0.3, -0.25) is 9.59 Å². The molecule has 0 unspecified atom stereocenters. The fraction of sp³-hybridized carbons (Fsp3) is 0.429. The number of para-hydroxylation sites is 1. The van der Waals surface area contributed by atoms with Gasteiger partial charge in [0.05, 0.1) is 28.3 Å². The lowest BCUT2D eigenvalue weighted by atomic mass is 10.3. The third-order valence-electron chi connectivity index (χ3n) is 3.01. The van der Waals surface area contributed by atoms with Gasteiger partial charge in [-0.15, -0.1) is 11.8 Å². The van der Waals surface area contributed by atoms with Crippen LogP contribution in [0.15, 0.2) is 24.3 Å². The molecule has 0 N–H and O–H groups in total. The SMILES string of the molecule is CCOC(=O)CS[C@H]1CCN(c2ccccc2Cl)C1=O. The van der Waals surface area contributed by atoms with Gasteiger partial charge in [0.1, 0.15) is 0 Å². The number of thioether (sulfide) groups is 1. The maximum atomic E-state index is 12.3. The molecule has 1 atom stereocenters. The molecule has 1 aliphatic rings. The quantitative estimate of drug-likeness (QED) is 0.784. The molecule has 0 spiro atoms. The van der Waals surface area contributed by atoms with E-state index < -0.39 is 0 Å². The van der Waals surface area contributed by atoms with Gasteiger partial charge in [0.25, 0.3) is 0 Å². The first-order valence-corrected chi connectivity index (χ1v) is 7.89. The van der Waals surface area contributed by atoms with E-state index in [1.807, 2.05) is 18.2 Å². The van der Waals surface area contributed by atoms with E-state index in [9.17, 15) is 9.59 Å². The van der Waals surface area contributed by atoms with Crippen LogP contribution in [0.2, 0.25) is 5.02 Å². The topological polar surface area (TPSA) is 46.6 Å². The lowest BCUT2D eigenvalue weighted by molar-refractivity contribution is -0.139. The summed E-state index contributed by atoms with van der Waals surface area (Å²) in [5.74, 6) is -0.0606. The number of benzene rings is 1. The number of anilines is 1. The van der Waals surface area contributed by atoms with E-state index in [0.29, 0.717) is 24.6 Å². The number of carbonyl (C=O) groups excluding carboxylic acids is 2. The lowest BCUT2D eigenvalue weighted by Crippen LogP contribution is -2.28. The molecule has 20 heavy (non-hydrogen) atoms. The number of rotatable bonds is 5. The minimum atomic E-state index is -0.276. The summed E-state index contributed by atoms with van der Waals surface area (Å²) >= 11 is 7.45. The third-order valence-corrected chi connectivity index (χ3v) is 4.57. The van der Waals surface area contributed by atoms with Crippen molar-refractivity contribution in [3.63, 3.8) is 0 Å². The average molecular weight is 314 g/mol. The summed E-state index contributed by atoms with van der Waals surface area (Å²) in [6.07, 6.45) is 0.716. The standard InChI is InChI=1S/C14H16ClNO3S/c1-2-19-13(17)9-20-12-7-8-16(14(12)18)11-6-4-3-5-10(11)15/h3-6,12H,2,7-9H2,1H3/t12-/m0/s1. The highest BCUT2D eigenvalue weighted by atomic mass is 35.5. The zero-order chi connectivity index (χ0) is 14.5. The van der Waals surface area contributed by atoms with E-state index in [2.05, 4.69) is 0 Å². The van der Waals surface area contributed by atoms with E-state index in [-0.39, 0.29) is 22.9 Å². The Morgan fingerprint density at radius 1 is 1.50 bits per heavy atom. The average Bonchev–Trinajstić information content (AvgIpc) is 2.79. The molecule has 1 heterocycles. The van der Waals surface area contributed by atoms with Crippen LogP contribution in [-0.2, 0) is 14.3 Å². The molecule has 1 fully saturated rings. The second-order valence-corrected chi connectivity index (χ2v) is 5.93. The summed E-state index contributed by atoms with van der Waals surface area (Å²) in [6, 6.07) is 7.29. The summed E-state index contributed by atoms with van der Waals surface area (Å²) in [5, 5.41) is 0.368. The molecule has 6 heteroatoms. The van der Waals surface area contributed by atoms with Crippen LogP contribution in [0, 0.1) is 0 Å². The number of amides is 1. The van der Waals surface area contributed by atoms with Crippen molar-refractivity contribution in [3.8, 4) is 0 Å². The summed E-state index contributed by atoms with van der Waals surface area (Å²) in [6.45, 7) is 2.76. The highest BCUT2D eigenvalue weighted by molar-refractivity contribution is 8.01. The third kappa shape index (κ3) is 3.46. The molecule has 0 radical (unpaired) electrons. The molecule has 0 bridgehead atoms. The van der Waals surface area contributed by atoms with Crippen molar-refractivity contribution in [2.45, 2.75) is 18.6 Å². The van der Waals surface area contributed by atoms with Crippen LogP contribution in [0.5, 0.6) is 0 Å². The minimum absolute atomic E-state index is 0.00685. The van der Waals surface area contributed by atoms with Crippen LogP contribution in [0.1, 0.15) is 13.3 Å². The second kappa shape index (κ2) is 6.99. The Hall–Kier alpha value is -1.20. The van der Waals surface area contributed by atoms with Crippen LogP contribution in [-0.4, -0.2) is 36.0 Å². The largest absolute Gasteiger partial charge is 0.465 e. The first kappa shape index (κ1) is 15.2. The number of halogens is 1. The Morgan fingerprint density at radius 3 is 2.95 bits per heavy atom. The fourth-order valence-electron chi connectivity index (χ4n) is 2.09. The summed E-state index contributed by atoms with van der Waals surface area (Å²) in [7, 11) is 0. The summed E-state index contributed by atoms with van der Waals surface area (Å²) in [4.78, 5) is 25.3. The maximum Gasteiger partial charge on any atom is 0.315 e. The molecular weight excluding hydrogens is 298 g/mol. The smallest absolute Gasteiger partial charge is 0.315 e. The van der Waals surface area contributed by atoms with Gasteiger partial charge in [-0.25, -0.2) is 0 Å². The summed E-state index contributed by atoms with van der Waals surface area (Å²) < 4.78 is 4.86. The normalized spacial score (nSPS) is 18.4. The molecule has 1 saturated heterocycles. The lowest BCUT2D eigenvalue weighted by Gasteiger charge is -2.17. The van der Waals surface area contributed by atoms with Crippen molar-refractivity contribution in [3.05, 3.63) is 29.3 Å². The van der Waals surface area contributed by atoms with E-state index in [4.69, 9.17) is 16.3 Å². The molecule has 2 rings (SSSR count). The fourth-order valence-corrected chi connectivity index (χ4v) is 3.29. The van der Waals surface area contributed by atoms with Crippen LogP contribution in [0.25, 0.3) is 0 Å². The molecule has 1 aromatic rings. The number of nitrogens with zero attached hydrogens (tertiary/aromatic N) is 1. The van der Waals surface area contributed by atoms with Gasteiger partial charge in [-0.1, -0.05) is 23.7 Å². The maximum absolute atomic E-state index is 12.3. The molecule has 1 amide bonds. The molecule has 108 valence electrons. The molecule has 0 aliphatic carbocycles. The number of hydrogen-bond acceptors (Lipinski definition) is 4. The van der Waals surface area contributed by atoms with E-state index in [0.717, 1.165) is 5.69 Å². The first-order chi connectivity index (χ1) is 9.63. The van der Waals surface area contributed by atoms with Crippen molar-refractivity contribution >= 4 is 40.9 Å². The van der Waals surface area contributed by atoms with Gasteiger partial charge >= 0.3 is 5.97 Å². The van der Waals surface area contributed by atoms with E-state index in [1.54, 1.807) is 17.9 Å². The summed E-state index contributed by atoms with van der Waals surface area (Å²) in [5.41, 5.74) is 0.735. The molecule has 1 aromatic carbocycles. The number of ether oxygens (including phenoxy) is 1. The molecule has 1 aliphatic heterocycles. The van der Waals surface area contributed by atoms with Gasteiger partial charge in [0.2, 0.25) is 5.91 Å². The van der Waals surface area contributed by atoms with E-state index in [1.165, 1.54) is 11.8 Å². The monoisotopic (exact) mass is 313 g/mol. The van der Waals surface area contributed by atoms with Crippen molar-refractivity contribution < 1.29 is 14.3 Å². The van der Waals surface area contributed by atoms with Crippen molar-refractivity contribution in [1.29, 1.82) is 0 Å². The molecule has 4 nitrogen and oxygen atoms in total. The van der Waals surface area contributed by atoms with Gasteiger partial charge in [0.15, 0.2) is 0 Å². The van der Waals surface area contributed by atoms with Gasteiger partial charge < -0.3 is 9.64 Å². The predicted molar refractivity (Wildman–Crippen MR) is 81.3 cm³/mol. The Bertz CT molecular complexity index is 509. The molecule has 0 saturated carbocycles. The highest BCUT2D eigenvalue weighted by Gasteiger charge is 2.34. The predicted octanol–water partition coefficient (Wildman–Crippen LogP) is 2.74. The second-order valence-electron chi connectivity index (χ2n) is 4.33. The highest BCUT2D eigenvalue weighted by Crippen LogP contribution is 2.32. The Kier molecular flexibility index (Phi) is 5.31. The van der Waals surface area contributed by atoms with Gasteiger partial charge in [-0.05, 0) is 25.5 Å². The zero-order valence-electron chi connectivity index (χ0n) is 11.2. The van der Waals surface area contributed by atoms with Gasteiger partial charge in [0, 0.05) is 6.54 Å². The minimum Gasteiger partial charge on any atom is -0.465 e. The van der Waals surface area contributed by atoms with Crippen LogP contribution < -0.4 is 4.90 Å². The number of esters is 1. The van der Waals surface area contributed by atoms with Crippen LogP contribution in [0.3, 0.4) is 0 Å². The Balaban J connectivity index is 1.96. The number of hydrogen-bond donors (Lipinski definition) is 0. The van der Waals surface area contributed by atoms with E-state index >= 15 is 0 Å². The Morgan fingerprint density at radius 2 is 2.25 bits per heavy atom.